The van der Waals surface area contributed by atoms with Crippen LogP contribution in [-0.2, 0) is 0 Å². The first-order valence-corrected chi connectivity index (χ1v) is 6.95. The number of aromatic nitrogens is 1. The number of nitrogens with zero attached hydrogens (tertiary/aromatic N) is 2. The highest BCUT2D eigenvalue weighted by Crippen LogP contribution is 2.26. The van der Waals surface area contributed by atoms with Crippen LogP contribution in [0.1, 0.15) is 21.6 Å². The van der Waals surface area contributed by atoms with Crippen molar-refractivity contribution < 1.29 is 14.8 Å². The number of carboxylic acid groups (broad SMARTS) is 1. The molecule has 3 rings (SSSR count). The molecule has 6 nitrogen and oxygen atoms in total. The lowest BCUT2D eigenvalue weighted by atomic mass is 10.1. The molecule has 1 aromatic heterocycles. The predicted molar refractivity (Wildman–Crippen MR) is 87.8 cm³/mol. The standard InChI is InChI=1S/C18H10N2O4/c21-18(22)15-11-13(10-9-12-5-2-1-3-6-12)14-7-4-8-16(20(23)24)17(14)19-15/h1-8,11H,(H,21,22). The number of rotatable bonds is 2. The first-order valence-electron chi connectivity index (χ1n) is 6.95. The first kappa shape index (κ1) is 15.2. The van der Waals surface area contributed by atoms with Gasteiger partial charge in [-0.2, -0.15) is 0 Å². The Balaban J connectivity index is 2.27. The van der Waals surface area contributed by atoms with Crippen LogP contribution in [0.15, 0.2) is 54.6 Å². The van der Waals surface area contributed by atoms with E-state index in [0.717, 1.165) is 5.56 Å². The molecule has 0 atom stereocenters. The van der Waals surface area contributed by atoms with E-state index in [2.05, 4.69) is 16.8 Å². The van der Waals surface area contributed by atoms with Gasteiger partial charge in [-0.3, -0.25) is 10.1 Å². The van der Waals surface area contributed by atoms with Gasteiger partial charge in [-0.1, -0.05) is 42.2 Å². The van der Waals surface area contributed by atoms with Gasteiger partial charge in [-0.15, -0.1) is 0 Å². The molecule has 0 saturated carbocycles. The predicted octanol–water partition coefficient (Wildman–Crippen LogP) is 3.24. The molecule has 0 spiro atoms. The molecule has 24 heavy (non-hydrogen) atoms. The van der Waals surface area contributed by atoms with Gasteiger partial charge in [0.1, 0.15) is 11.2 Å². The van der Waals surface area contributed by atoms with Crippen molar-refractivity contribution in [2.24, 2.45) is 0 Å². The summed E-state index contributed by atoms with van der Waals surface area (Å²) in [6.07, 6.45) is 0. The molecule has 0 aliphatic rings. The SMILES string of the molecule is O=C(O)c1cc(C#Cc2ccccc2)c2cccc([N+](=O)[O-])c2n1. The van der Waals surface area contributed by atoms with Crippen LogP contribution in [0.3, 0.4) is 0 Å². The van der Waals surface area contributed by atoms with Gasteiger partial charge in [0, 0.05) is 22.6 Å². The number of aromatic carboxylic acids is 1. The van der Waals surface area contributed by atoms with E-state index in [1.54, 1.807) is 6.07 Å². The summed E-state index contributed by atoms with van der Waals surface area (Å²) in [4.78, 5) is 25.8. The van der Waals surface area contributed by atoms with Gasteiger partial charge in [0.2, 0.25) is 0 Å². The normalized spacial score (nSPS) is 10.0. The minimum atomic E-state index is -1.27. The molecule has 1 N–H and O–H groups in total. The van der Waals surface area contributed by atoms with E-state index < -0.39 is 10.9 Å². The van der Waals surface area contributed by atoms with Crippen molar-refractivity contribution in [3.63, 3.8) is 0 Å². The molecule has 0 aliphatic heterocycles. The number of carbonyl (C=O) groups is 1. The van der Waals surface area contributed by atoms with E-state index in [0.29, 0.717) is 10.9 Å². The number of non-ortho nitro benzene ring substituents is 1. The molecular weight excluding hydrogens is 308 g/mol. The Morgan fingerprint density at radius 2 is 1.83 bits per heavy atom. The topological polar surface area (TPSA) is 93.3 Å². The maximum atomic E-state index is 11.3. The Labute approximate surface area is 136 Å². The number of hydrogen-bond acceptors (Lipinski definition) is 4. The maximum absolute atomic E-state index is 11.3. The van der Waals surface area contributed by atoms with E-state index in [-0.39, 0.29) is 16.9 Å². The molecule has 0 saturated heterocycles. The summed E-state index contributed by atoms with van der Waals surface area (Å²) in [5.74, 6) is 4.55. The van der Waals surface area contributed by atoms with E-state index in [1.165, 1.54) is 18.2 Å². The highest BCUT2D eigenvalue weighted by atomic mass is 16.6. The van der Waals surface area contributed by atoms with Crippen molar-refractivity contribution in [2.75, 3.05) is 0 Å². The van der Waals surface area contributed by atoms with Crippen LogP contribution in [-0.4, -0.2) is 21.0 Å². The number of carboxylic acids is 1. The zero-order valence-corrected chi connectivity index (χ0v) is 12.3. The van der Waals surface area contributed by atoms with Gasteiger partial charge in [-0.05, 0) is 18.2 Å². The highest BCUT2D eigenvalue weighted by molar-refractivity contribution is 5.96. The first-order chi connectivity index (χ1) is 11.6. The Morgan fingerprint density at radius 1 is 1.08 bits per heavy atom. The summed E-state index contributed by atoms with van der Waals surface area (Å²) < 4.78 is 0. The van der Waals surface area contributed by atoms with E-state index in [1.807, 2.05) is 30.3 Å². The number of nitro benzene ring substituents is 1. The van der Waals surface area contributed by atoms with Crippen molar-refractivity contribution >= 4 is 22.6 Å². The monoisotopic (exact) mass is 318 g/mol. The van der Waals surface area contributed by atoms with Crippen LogP contribution < -0.4 is 0 Å². The van der Waals surface area contributed by atoms with Crippen molar-refractivity contribution in [3.8, 4) is 11.8 Å². The second-order valence-electron chi connectivity index (χ2n) is 4.91. The van der Waals surface area contributed by atoms with E-state index in [9.17, 15) is 20.0 Å². The van der Waals surface area contributed by atoms with Crippen LogP contribution >= 0.6 is 0 Å². The number of benzene rings is 2. The Kier molecular flexibility index (Phi) is 3.91. The van der Waals surface area contributed by atoms with Crippen LogP contribution in [0.4, 0.5) is 5.69 Å². The number of nitro groups is 1. The maximum Gasteiger partial charge on any atom is 0.354 e. The van der Waals surface area contributed by atoms with Crippen LogP contribution in [0.25, 0.3) is 10.9 Å². The summed E-state index contributed by atoms with van der Waals surface area (Å²) in [7, 11) is 0. The number of pyridine rings is 1. The summed E-state index contributed by atoms with van der Waals surface area (Å²) in [6, 6.07) is 14.9. The second-order valence-corrected chi connectivity index (χ2v) is 4.91. The fourth-order valence-corrected chi connectivity index (χ4v) is 2.25. The molecule has 2 aromatic carbocycles. The van der Waals surface area contributed by atoms with E-state index >= 15 is 0 Å². The van der Waals surface area contributed by atoms with Gasteiger partial charge in [0.15, 0.2) is 0 Å². The lowest BCUT2D eigenvalue weighted by Gasteiger charge is -2.03. The third-order valence-corrected chi connectivity index (χ3v) is 3.35. The molecule has 116 valence electrons. The fraction of sp³-hybridized carbons (Fsp3) is 0. The van der Waals surface area contributed by atoms with Gasteiger partial charge in [-0.25, -0.2) is 9.78 Å². The fourth-order valence-electron chi connectivity index (χ4n) is 2.25. The quantitative estimate of drug-likeness (QED) is 0.445. The highest BCUT2D eigenvalue weighted by Gasteiger charge is 2.18. The number of para-hydroxylation sites is 1. The minimum absolute atomic E-state index is 0.0137. The average molecular weight is 318 g/mol. The number of hydrogen-bond donors (Lipinski definition) is 1. The molecule has 0 bridgehead atoms. The molecule has 0 radical (unpaired) electrons. The summed E-state index contributed by atoms with van der Waals surface area (Å²) in [5, 5.41) is 20.8. The lowest BCUT2D eigenvalue weighted by molar-refractivity contribution is -0.383. The van der Waals surface area contributed by atoms with Crippen molar-refractivity contribution in [2.45, 2.75) is 0 Å². The summed E-state index contributed by atoms with van der Waals surface area (Å²) in [6.45, 7) is 0. The molecule has 6 heteroatoms. The van der Waals surface area contributed by atoms with Gasteiger partial charge in [0.05, 0.1) is 4.92 Å². The van der Waals surface area contributed by atoms with Crippen LogP contribution in [0.2, 0.25) is 0 Å². The largest absolute Gasteiger partial charge is 0.477 e. The summed E-state index contributed by atoms with van der Waals surface area (Å²) in [5.41, 5.74) is 0.613. The minimum Gasteiger partial charge on any atom is -0.477 e. The molecule has 0 amide bonds. The Hall–Kier alpha value is -3.72. The Bertz CT molecular complexity index is 1020. The second kappa shape index (κ2) is 6.18. The van der Waals surface area contributed by atoms with Crippen LogP contribution in [0.5, 0.6) is 0 Å². The molecule has 0 unspecified atom stereocenters. The smallest absolute Gasteiger partial charge is 0.354 e. The van der Waals surface area contributed by atoms with Gasteiger partial charge in [0.25, 0.3) is 5.69 Å². The zero-order chi connectivity index (χ0) is 17.1. The van der Waals surface area contributed by atoms with Crippen molar-refractivity contribution in [1.29, 1.82) is 0 Å². The third-order valence-electron chi connectivity index (χ3n) is 3.35. The van der Waals surface area contributed by atoms with Crippen molar-refractivity contribution in [1.82, 2.24) is 4.98 Å². The molecule has 1 heterocycles. The molecule has 0 fully saturated rings. The molecule has 0 aliphatic carbocycles. The van der Waals surface area contributed by atoms with Gasteiger partial charge >= 0.3 is 5.97 Å². The summed E-state index contributed by atoms with van der Waals surface area (Å²) >= 11 is 0. The van der Waals surface area contributed by atoms with E-state index in [4.69, 9.17) is 0 Å². The Morgan fingerprint density at radius 3 is 2.50 bits per heavy atom. The number of fused-ring (bicyclic) bond motifs is 1. The van der Waals surface area contributed by atoms with Gasteiger partial charge < -0.3 is 5.11 Å². The lowest BCUT2D eigenvalue weighted by Crippen LogP contribution is -2.03. The van der Waals surface area contributed by atoms with Crippen molar-refractivity contribution in [3.05, 3.63) is 81.5 Å². The molecule has 3 aromatic rings. The average Bonchev–Trinajstić information content (AvgIpc) is 2.59. The van der Waals surface area contributed by atoms with Crippen LogP contribution in [0, 0.1) is 22.0 Å². The third kappa shape index (κ3) is 2.91. The zero-order valence-electron chi connectivity index (χ0n) is 12.3. The molecular formula is C18H10N2O4.